The number of aliphatic imine (C=N–C) groups is 1. The third kappa shape index (κ3) is 6.85. The van der Waals surface area contributed by atoms with Gasteiger partial charge < -0.3 is 5.32 Å². The molecule has 0 saturated heterocycles. The summed E-state index contributed by atoms with van der Waals surface area (Å²) in [5.41, 5.74) is 0. The molecule has 0 radical (unpaired) electrons. The standard InChI is InChI=1S/C8H15N3/c1-3-4-5-6-10-8(2)11-7-9/h3-6H2,1-2H3,(H,10,11). The van der Waals surface area contributed by atoms with Crippen LogP contribution in [0, 0.1) is 11.5 Å². The van der Waals surface area contributed by atoms with E-state index in [1.807, 2.05) is 0 Å². The van der Waals surface area contributed by atoms with E-state index in [0.29, 0.717) is 5.84 Å². The van der Waals surface area contributed by atoms with Crippen molar-refractivity contribution in [2.75, 3.05) is 6.54 Å². The van der Waals surface area contributed by atoms with Crippen LogP contribution in [0.2, 0.25) is 0 Å². The first-order valence-electron chi connectivity index (χ1n) is 3.98. The minimum atomic E-state index is 0.712. The molecule has 0 aromatic rings. The summed E-state index contributed by atoms with van der Waals surface area (Å²) in [6.45, 7) is 4.89. The molecule has 0 fully saturated rings. The number of nitriles is 1. The van der Waals surface area contributed by atoms with Crippen LogP contribution in [0.5, 0.6) is 0 Å². The Morgan fingerprint density at radius 2 is 2.27 bits per heavy atom. The molecule has 0 spiro atoms. The van der Waals surface area contributed by atoms with Crippen LogP contribution in [0.25, 0.3) is 0 Å². The lowest BCUT2D eigenvalue weighted by Crippen LogP contribution is -2.21. The molecule has 62 valence electrons. The molecular formula is C8H15N3. The molecule has 0 bridgehead atoms. The maximum absolute atomic E-state index is 8.16. The van der Waals surface area contributed by atoms with Gasteiger partial charge in [0.25, 0.3) is 0 Å². The van der Waals surface area contributed by atoms with Gasteiger partial charge in [0.2, 0.25) is 6.19 Å². The lowest BCUT2D eigenvalue weighted by atomic mass is 10.2. The van der Waals surface area contributed by atoms with E-state index in [4.69, 9.17) is 5.26 Å². The Bertz CT molecular complexity index is 155. The van der Waals surface area contributed by atoms with Gasteiger partial charge in [0.15, 0.2) is 0 Å². The van der Waals surface area contributed by atoms with Gasteiger partial charge in [0, 0.05) is 6.54 Å². The first-order chi connectivity index (χ1) is 5.31. The summed E-state index contributed by atoms with van der Waals surface area (Å²) in [7, 11) is 0. The predicted octanol–water partition coefficient (Wildman–Crippen LogP) is 1.67. The first kappa shape index (κ1) is 9.96. The molecule has 3 nitrogen and oxygen atoms in total. The molecule has 0 rings (SSSR count). The van der Waals surface area contributed by atoms with E-state index in [1.165, 1.54) is 12.8 Å². The maximum atomic E-state index is 8.16. The van der Waals surface area contributed by atoms with Crippen molar-refractivity contribution >= 4 is 5.84 Å². The fraction of sp³-hybridized carbons (Fsp3) is 0.750. The van der Waals surface area contributed by atoms with Crippen LogP contribution >= 0.6 is 0 Å². The molecule has 0 amide bonds. The number of hydrogen-bond donors (Lipinski definition) is 1. The van der Waals surface area contributed by atoms with E-state index in [2.05, 4.69) is 17.2 Å². The number of rotatable bonds is 4. The zero-order valence-electron chi connectivity index (χ0n) is 7.22. The van der Waals surface area contributed by atoms with Crippen LogP contribution in [-0.4, -0.2) is 12.4 Å². The Morgan fingerprint density at radius 1 is 1.55 bits per heavy atom. The van der Waals surface area contributed by atoms with Crippen molar-refractivity contribution in [3.63, 3.8) is 0 Å². The molecule has 0 aromatic carbocycles. The minimum Gasteiger partial charge on any atom is -0.373 e. The van der Waals surface area contributed by atoms with Gasteiger partial charge in [0.1, 0.15) is 5.84 Å². The molecule has 0 aliphatic rings. The van der Waals surface area contributed by atoms with Crippen molar-refractivity contribution in [3.05, 3.63) is 0 Å². The van der Waals surface area contributed by atoms with E-state index >= 15 is 0 Å². The second kappa shape index (κ2) is 7.07. The van der Waals surface area contributed by atoms with Gasteiger partial charge in [-0.3, -0.25) is 0 Å². The SMILES string of the molecule is CCCCCN/C(C)=N/C#N. The molecule has 0 aliphatic carbocycles. The Labute approximate surface area is 68.1 Å². The second-order valence-electron chi connectivity index (χ2n) is 2.43. The van der Waals surface area contributed by atoms with E-state index in [0.717, 1.165) is 13.0 Å². The summed E-state index contributed by atoms with van der Waals surface area (Å²) in [4.78, 5) is 3.53. The Kier molecular flexibility index (Phi) is 6.40. The summed E-state index contributed by atoms with van der Waals surface area (Å²) in [6.07, 6.45) is 5.33. The van der Waals surface area contributed by atoms with Gasteiger partial charge in [0.05, 0.1) is 0 Å². The molecule has 0 aromatic heterocycles. The number of amidine groups is 1. The maximum Gasteiger partial charge on any atom is 0.207 e. The highest BCUT2D eigenvalue weighted by Gasteiger charge is 1.88. The van der Waals surface area contributed by atoms with Crippen molar-refractivity contribution in [3.8, 4) is 6.19 Å². The second-order valence-corrected chi connectivity index (χ2v) is 2.43. The average Bonchev–Trinajstić information content (AvgIpc) is 1.99. The monoisotopic (exact) mass is 153 g/mol. The summed E-state index contributed by atoms with van der Waals surface area (Å²) in [5.74, 6) is 0.712. The van der Waals surface area contributed by atoms with Crippen molar-refractivity contribution in [1.29, 1.82) is 5.26 Å². The smallest absolute Gasteiger partial charge is 0.207 e. The highest BCUT2D eigenvalue weighted by atomic mass is 15.0. The van der Waals surface area contributed by atoms with Gasteiger partial charge in [-0.2, -0.15) is 10.3 Å². The lowest BCUT2D eigenvalue weighted by Gasteiger charge is -2.01. The van der Waals surface area contributed by atoms with E-state index < -0.39 is 0 Å². The molecule has 0 heterocycles. The molecule has 0 atom stereocenters. The highest BCUT2D eigenvalue weighted by Crippen LogP contribution is 1.90. The summed E-state index contributed by atoms with van der Waals surface area (Å²) >= 11 is 0. The van der Waals surface area contributed by atoms with Gasteiger partial charge in [-0.1, -0.05) is 19.8 Å². The van der Waals surface area contributed by atoms with Gasteiger partial charge in [-0.25, -0.2) is 0 Å². The zero-order valence-corrected chi connectivity index (χ0v) is 7.22. The Hall–Kier alpha value is -1.04. The molecular weight excluding hydrogens is 138 g/mol. The van der Waals surface area contributed by atoms with Crippen LogP contribution < -0.4 is 5.32 Å². The zero-order chi connectivity index (χ0) is 8.53. The molecule has 11 heavy (non-hydrogen) atoms. The van der Waals surface area contributed by atoms with Crippen LogP contribution in [0.4, 0.5) is 0 Å². The molecule has 0 unspecified atom stereocenters. The van der Waals surface area contributed by atoms with E-state index in [1.54, 1.807) is 13.1 Å². The number of nitrogens with one attached hydrogen (secondary N) is 1. The van der Waals surface area contributed by atoms with Crippen LogP contribution in [0.1, 0.15) is 33.1 Å². The lowest BCUT2D eigenvalue weighted by molar-refractivity contribution is 0.695. The normalized spacial score (nSPS) is 10.8. The Balaban J connectivity index is 3.26. The molecule has 1 N–H and O–H groups in total. The Morgan fingerprint density at radius 3 is 2.82 bits per heavy atom. The summed E-state index contributed by atoms with van der Waals surface area (Å²) in [6, 6.07) is 0. The average molecular weight is 153 g/mol. The third-order valence-electron chi connectivity index (χ3n) is 1.38. The van der Waals surface area contributed by atoms with Crippen molar-refractivity contribution < 1.29 is 0 Å². The highest BCUT2D eigenvalue weighted by molar-refractivity contribution is 5.80. The molecule has 0 saturated carbocycles. The van der Waals surface area contributed by atoms with E-state index in [-0.39, 0.29) is 0 Å². The third-order valence-corrected chi connectivity index (χ3v) is 1.38. The van der Waals surface area contributed by atoms with Crippen LogP contribution in [0.3, 0.4) is 0 Å². The number of hydrogen-bond acceptors (Lipinski definition) is 2. The minimum absolute atomic E-state index is 0.712. The number of nitrogens with zero attached hydrogens (tertiary/aromatic N) is 2. The first-order valence-corrected chi connectivity index (χ1v) is 3.98. The molecule has 3 heteroatoms. The fourth-order valence-corrected chi connectivity index (χ4v) is 0.759. The topological polar surface area (TPSA) is 48.2 Å². The summed E-state index contributed by atoms with van der Waals surface area (Å²) in [5, 5.41) is 11.2. The predicted molar refractivity (Wildman–Crippen MR) is 46.2 cm³/mol. The van der Waals surface area contributed by atoms with Crippen LogP contribution in [0.15, 0.2) is 4.99 Å². The van der Waals surface area contributed by atoms with Gasteiger partial charge in [-0.15, -0.1) is 0 Å². The summed E-state index contributed by atoms with van der Waals surface area (Å²) < 4.78 is 0. The van der Waals surface area contributed by atoms with Crippen molar-refractivity contribution in [2.45, 2.75) is 33.1 Å². The number of unbranched alkanes of at least 4 members (excludes halogenated alkanes) is 2. The van der Waals surface area contributed by atoms with Gasteiger partial charge >= 0.3 is 0 Å². The van der Waals surface area contributed by atoms with Gasteiger partial charge in [-0.05, 0) is 13.3 Å². The largest absolute Gasteiger partial charge is 0.373 e. The van der Waals surface area contributed by atoms with Crippen molar-refractivity contribution in [1.82, 2.24) is 5.32 Å². The molecule has 0 aliphatic heterocycles. The fourth-order valence-electron chi connectivity index (χ4n) is 0.759. The van der Waals surface area contributed by atoms with Crippen molar-refractivity contribution in [2.24, 2.45) is 4.99 Å². The van der Waals surface area contributed by atoms with Crippen LogP contribution in [-0.2, 0) is 0 Å². The van der Waals surface area contributed by atoms with E-state index in [9.17, 15) is 0 Å². The quantitative estimate of drug-likeness (QED) is 0.289.